The van der Waals surface area contributed by atoms with E-state index in [1.807, 2.05) is 13.8 Å². The average Bonchev–Trinajstić information content (AvgIpc) is 2.37. The Morgan fingerprint density at radius 1 is 1.35 bits per heavy atom. The van der Waals surface area contributed by atoms with E-state index in [1.54, 1.807) is 6.92 Å². The highest BCUT2D eigenvalue weighted by atomic mass is 32.2. The third kappa shape index (κ3) is 4.85. The van der Waals surface area contributed by atoms with Gasteiger partial charge in [0.1, 0.15) is 10.7 Å². The maximum absolute atomic E-state index is 13.6. The Kier molecular flexibility index (Phi) is 5.68. The first kappa shape index (κ1) is 17.1. The number of aliphatic hydroxyl groups excluding tert-OH is 1. The number of sulfonamides is 1. The maximum Gasteiger partial charge on any atom is 0.243 e. The number of nitrogens with one attached hydrogen (secondary N) is 1. The second-order valence-corrected chi connectivity index (χ2v) is 7.49. The van der Waals surface area contributed by atoms with Gasteiger partial charge in [0.05, 0.1) is 0 Å². The Hall–Kier alpha value is -0.980. The topological polar surface area (TPSA) is 66.4 Å². The Labute approximate surface area is 120 Å². The van der Waals surface area contributed by atoms with E-state index in [4.69, 9.17) is 5.11 Å². The first-order valence-electron chi connectivity index (χ1n) is 6.55. The molecule has 6 heteroatoms. The molecule has 0 aliphatic heterocycles. The van der Waals surface area contributed by atoms with Crippen molar-refractivity contribution in [1.29, 1.82) is 0 Å². The van der Waals surface area contributed by atoms with Gasteiger partial charge in [0, 0.05) is 13.2 Å². The van der Waals surface area contributed by atoms with Crippen molar-refractivity contribution in [3.8, 4) is 0 Å². The molecule has 2 N–H and O–H groups in total. The molecule has 0 radical (unpaired) electrons. The fourth-order valence-electron chi connectivity index (χ4n) is 1.83. The van der Waals surface area contributed by atoms with E-state index in [1.165, 1.54) is 12.1 Å². The summed E-state index contributed by atoms with van der Waals surface area (Å²) in [6.45, 7) is 5.78. The molecule has 0 amide bonds. The van der Waals surface area contributed by atoms with Gasteiger partial charge < -0.3 is 5.11 Å². The van der Waals surface area contributed by atoms with Crippen molar-refractivity contribution in [2.24, 2.45) is 5.41 Å². The zero-order chi connectivity index (χ0) is 15.4. The van der Waals surface area contributed by atoms with Crippen LogP contribution in [-0.2, 0) is 10.0 Å². The molecule has 0 saturated carbocycles. The minimum atomic E-state index is -3.86. The summed E-state index contributed by atoms with van der Waals surface area (Å²) in [5.41, 5.74) is 0.391. The Balaban J connectivity index is 2.83. The average molecular weight is 303 g/mol. The van der Waals surface area contributed by atoms with Crippen LogP contribution in [0.5, 0.6) is 0 Å². The lowest BCUT2D eigenvalue weighted by molar-refractivity contribution is 0.242. The van der Waals surface area contributed by atoms with Gasteiger partial charge in [-0.15, -0.1) is 0 Å². The molecule has 1 aromatic carbocycles. The number of hydrogen-bond acceptors (Lipinski definition) is 3. The monoisotopic (exact) mass is 303 g/mol. The van der Waals surface area contributed by atoms with Gasteiger partial charge in [-0.1, -0.05) is 19.9 Å². The SMILES string of the molecule is Cc1ccc(F)c(S(=O)(=O)NCC(C)(C)CCCO)c1. The normalized spacial score (nSPS) is 12.7. The van der Waals surface area contributed by atoms with E-state index in [9.17, 15) is 12.8 Å². The van der Waals surface area contributed by atoms with Crippen molar-refractivity contribution in [2.45, 2.75) is 38.5 Å². The van der Waals surface area contributed by atoms with Crippen LogP contribution in [0, 0.1) is 18.2 Å². The highest BCUT2D eigenvalue weighted by Crippen LogP contribution is 2.22. The van der Waals surface area contributed by atoms with Crippen molar-refractivity contribution in [3.63, 3.8) is 0 Å². The van der Waals surface area contributed by atoms with Gasteiger partial charge in [0.15, 0.2) is 0 Å². The molecule has 0 aliphatic rings. The van der Waals surface area contributed by atoms with Crippen LogP contribution < -0.4 is 4.72 Å². The summed E-state index contributed by atoms with van der Waals surface area (Å²) in [6, 6.07) is 4.00. The number of aryl methyl sites for hydroxylation is 1. The number of benzene rings is 1. The fraction of sp³-hybridized carbons (Fsp3) is 0.571. The molecule has 114 valence electrons. The molecular weight excluding hydrogens is 281 g/mol. The molecule has 0 aromatic heterocycles. The van der Waals surface area contributed by atoms with Gasteiger partial charge in [-0.05, 0) is 42.9 Å². The summed E-state index contributed by atoms with van der Waals surface area (Å²) in [5, 5.41) is 8.81. The quantitative estimate of drug-likeness (QED) is 0.811. The van der Waals surface area contributed by atoms with Gasteiger partial charge in [-0.3, -0.25) is 0 Å². The van der Waals surface area contributed by atoms with Crippen LogP contribution in [0.15, 0.2) is 23.1 Å². The van der Waals surface area contributed by atoms with E-state index in [0.717, 1.165) is 6.07 Å². The fourth-order valence-corrected chi connectivity index (χ4v) is 3.23. The molecule has 0 heterocycles. The number of rotatable bonds is 7. The number of aliphatic hydroxyl groups is 1. The van der Waals surface area contributed by atoms with Gasteiger partial charge in [-0.2, -0.15) is 0 Å². The molecule has 0 spiro atoms. The predicted molar refractivity (Wildman–Crippen MR) is 76.4 cm³/mol. The lowest BCUT2D eigenvalue weighted by Gasteiger charge is -2.24. The third-order valence-corrected chi connectivity index (χ3v) is 4.54. The van der Waals surface area contributed by atoms with Crippen LogP contribution >= 0.6 is 0 Å². The summed E-state index contributed by atoms with van der Waals surface area (Å²) in [5.74, 6) is -0.753. The predicted octanol–water partition coefficient (Wildman–Crippen LogP) is 2.21. The molecule has 0 aliphatic carbocycles. The molecule has 20 heavy (non-hydrogen) atoms. The summed E-state index contributed by atoms with van der Waals surface area (Å²) in [6.07, 6.45) is 1.29. The van der Waals surface area contributed by atoms with E-state index in [0.29, 0.717) is 18.4 Å². The summed E-state index contributed by atoms with van der Waals surface area (Å²) < 4.78 is 40.3. The minimum Gasteiger partial charge on any atom is -0.396 e. The van der Waals surface area contributed by atoms with Crippen molar-refractivity contribution in [3.05, 3.63) is 29.6 Å². The van der Waals surface area contributed by atoms with Crippen molar-refractivity contribution in [2.75, 3.05) is 13.2 Å². The Morgan fingerprint density at radius 3 is 2.60 bits per heavy atom. The number of halogens is 1. The zero-order valence-corrected chi connectivity index (χ0v) is 12.9. The van der Waals surface area contributed by atoms with Crippen LogP contribution in [-0.4, -0.2) is 26.7 Å². The van der Waals surface area contributed by atoms with Crippen molar-refractivity contribution in [1.82, 2.24) is 4.72 Å². The molecule has 1 aromatic rings. The molecule has 0 bridgehead atoms. The lowest BCUT2D eigenvalue weighted by Crippen LogP contribution is -2.34. The van der Waals surface area contributed by atoms with Crippen molar-refractivity contribution >= 4 is 10.0 Å². The highest BCUT2D eigenvalue weighted by Gasteiger charge is 2.24. The summed E-state index contributed by atoms with van der Waals surface area (Å²) in [4.78, 5) is -0.324. The third-order valence-electron chi connectivity index (χ3n) is 3.13. The van der Waals surface area contributed by atoms with E-state index >= 15 is 0 Å². The highest BCUT2D eigenvalue weighted by molar-refractivity contribution is 7.89. The standard InChI is InChI=1S/C14H22FNO3S/c1-11-5-6-12(15)13(9-11)20(18,19)16-10-14(2,3)7-4-8-17/h5-6,9,16-17H,4,7-8,10H2,1-3H3. The van der Waals surface area contributed by atoms with Crippen LogP contribution in [0.1, 0.15) is 32.3 Å². The van der Waals surface area contributed by atoms with E-state index < -0.39 is 15.8 Å². The smallest absolute Gasteiger partial charge is 0.243 e. The Morgan fingerprint density at radius 2 is 2.00 bits per heavy atom. The van der Waals surface area contributed by atoms with Crippen LogP contribution in [0.25, 0.3) is 0 Å². The van der Waals surface area contributed by atoms with Crippen LogP contribution in [0.4, 0.5) is 4.39 Å². The van der Waals surface area contributed by atoms with Crippen molar-refractivity contribution < 1.29 is 17.9 Å². The van der Waals surface area contributed by atoms with Gasteiger partial charge in [0.2, 0.25) is 10.0 Å². The van der Waals surface area contributed by atoms with Gasteiger partial charge >= 0.3 is 0 Å². The minimum absolute atomic E-state index is 0.0721. The number of hydrogen-bond donors (Lipinski definition) is 2. The molecular formula is C14H22FNO3S. The van der Waals surface area contributed by atoms with Gasteiger partial charge in [0.25, 0.3) is 0 Å². The molecule has 0 fully saturated rings. The zero-order valence-electron chi connectivity index (χ0n) is 12.1. The molecule has 1 rings (SSSR count). The summed E-state index contributed by atoms with van der Waals surface area (Å²) in [7, 11) is -3.86. The first-order valence-corrected chi connectivity index (χ1v) is 8.03. The molecule has 4 nitrogen and oxygen atoms in total. The summed E-state index contributed by atoms with van der Waals surface area (Å²) >= 11 is 0. The van der Waals surface area contributed by atoms with E-state index in [-0.39, 0.29) is 23.5 Å². The second-order valence-electron chi connectivity index (χ2n) is 5.75. The van der Waals surface area contributed by atoms with Crippen LogP contribution in [0.3, 0.4) is 0 Å². The lowest BCUT2D eigenvalue weighted by atomic mass is 9.88. The molecule has 0 unspecified atom stereocenters. The largest absolute Gasteiger partial charge is 0.396 e. The maximum atomic E-state index is 13.6. The Bertz CT molecular complexity index is 556. The second kappa shape index (κ2) is 6.65. The molecule has 0 atom stereocenters. The van der Waals surface area contributed by atoms with Crippen LogP contribution in [0.2, 0.25) is 0 Å². The van der Waals surface area contributed by atoms with E-state index in [2.05, 4.69) is 4.72 Å². The van der Waals surface area contributed by atoms with Gasteiger partial charge in [-0.25, -0.2) is 17.5 Å². The molecule has 0 saturated heterocycles. The first-order chi connectivity index (χ1) is 9.18.